The van der Waals surface area contributed by atoms with E-state index in [2.05, 4.69) is 16.8 Å². The van der Waals surface area contributed by atoms with Crippen LogP contribution in [0.15, 0.2) is 41.4 Å². The van der Waals surface area contributed by atoms with Crippen molar-refractivity contribution < 1.29 is 17.9 Å². The highest BCUT2D eigenvalue weighted by Crippen LogP contribution is 2.35. The summed E-state index contributed by atoms with van der Waals surface area (Å²) in [4.78, 5) is 20.2. The third-order valence-electron chi connectivity index (χ3n) is 8.96. The normalized spacial score (nSPS) is 25.1. The molecule has 0 bridgehead atoms. The Balaban J connectivity index is 1.23. The number of hydrogen-bond donors (Lipinski definition) is 0. The number of halogens is 1. The minimum absolute atomic E-state index is 0.0634. The van der Waals surface area contributed by atoms with Gasteiger partial charge in [0.2, 0.25) is 15.9 Å². The first-order valence-corrected chi connectivity index (χ1v) is 16.2. The highest BCUT2D eigenvalue weighted by molar-refractivity contribution is 7.89. The minimum atomic E-state index is -3.89. The summed E-state index contributed by atoms with van der Waals surface area (Å²) in [6.07, 6.45) is 6.26. The van der Waals surface area contributed by atoms with E-state index < -0.39 is 16.1 Å². The summed E-state index contributed by atoms with van der Waals surface area (Å²) in [6.45, 7) is 6.96. The molecule has 0 spiro atoms. The Morgan fingerprint density at radius 2 is 1.85 bits per heavy atom. The van der Waals surface area contributed by atoms with Gasteiger partial charge in [-0.3, -0.25) is 9.69 Å². The van der Waals surface area contributed by atoms with Gasteiger partial charge in [0.15, 0.2) is 0 Å². The van der Waals surface area contributed by atoms with Crippen molar-refractivity contribution in [3.8, 4) is 0 Å². The molecule has 9 nitrogen and oxygen atoms in total. The van der Waals surface area contributed by atoms with Crippen molar-refractivity contribution in [1.29, 1.82) is 0 Å². The van der Waals surface area contributed by atoms with E-state index in [9.17, 15) is 13.2 Å². The molecule has 1 aliphatic carbocycles. The van der Waals surface area contributed by atoms with Crippen molar-refractivity contribution in [3.05, 3.63) is 52.8 Å². The Bertz CT molecular complexity index is 1270. The van der Waals surface area contributed by atoms with Crippen LogP contribution >= 0.6 is 11.6 Å². The summed E-state index contributed by atoms with van der Waals surface area (Å²) in [5.74, 6) is -0.0634. The van der Waals surface area contributed by atoms with E-state index in [-0.39, 0.29) is 35.1 Å². The summed E-state index contributed by atoms with van der Waals surface area (Å²) in [7, 11) is 0.159. The third-order valence-corrected chi connectivity index (χ3v) is 11.5. The van der Waals surface area contributed by atoms with Gasteiger partial charge < -0.3 is 19.1 Å². The van der Waals surface area contributed by atoms with Gasteiger partial charge in [-0.05, 0) is 63.4 Å². The Labute approximate surface area is 243 Å². The maximum absolute atomic E-state index is 13.9. The lowest BCUT2D eigenvalue weighted by Gasteiger charge is -2.43. The van der Waals surface area contributed by atoms with E-state index in [1.165, 1.54) is 10.7 Å². The number of nitrogens with zero attached hydrogens (tertiary/aromatic N) is 5. The number of ether oxygens (including phenoxy) is 1. The summed E-state index contributed by atoms with van der Waals surface area (Å²) in [5.41, 5.74) is 1.45. The van der Waals surface area contributed by atoms with Crippen LogP contribution in [0.25, 0.3) is 0 Å². The standard InChI is InChI=1S/C29H42ClN5O4S/c1-22-7-4-10-25(30)29(22)40(37,38)35-18-17-34-12-6-11-26(34)27(35)20-39-21-28(36)32(3)23-8-5-9-24(19-23)33-15-13-31(2)14-16-33/h4,6-7,10-12,23-24,27H,5,8-9,13-21H2,1-3H3/t23-,24+,27?/m0/s1. The number of rotatable bonds is 8. The van der Waals surface area contributed by atoms with Gasteiger partial charge in [-0.2, -0.15) is 4.31 Å². The lowest BCUT2D eigenvalue weighted by Crippen LogP contribution is -2.53. The number of carbonyl (C=O) groups excluding carboxylic acids is 1. The Hall–Kier alpha value is -1.95. The number of aromatic nitrogens is 1. The molecule has 0 radical (unpaired) electrons. The second-order valence-corrected chi connectivity index (χ2v) is 13.7. The molecule has 3 heterocycles. The SMILES string of the molecule is Cc1cccc(Cl)c1S(=O)(=O)N1CCn2cccc2C1COCC(=O)N(C)[C@H]1CCC[C@@H](N2CCN(C)CC2)C1. The Morgan fingerprint density at radius 3 is 2.60 bits per heavy atom. The van der Waals surface area contributed by atoms with Gasteiger partial charge in [0, 0.05) is 70.3 Å². The zero-order chi connectivity index (χ0) is 28.4. The fourth-order valence-corrected chi connectivity index (χ4v) is 8.90. The van der Waals surface area contributed by atoms with Crippen molar-refractivity contribution in [2.45, 2.75) is 62.2 Å². The van der Waals surface area contributed by atoms with E-state index in [0.29, 0.717) is 24.7 Å². The smallest absolute Gasteiger partial charge is 0.248 e. The predicted molar refractivity (Wildman–Crippen MR) is 156 cm³/mol. The third kappa shape index (κ3) is 6.12. The van der Waals surface area contributed by atoms with Gasteiger partial charge in [0.05, 0.1) is 17.7 Å². The number of fused-ring (bicyclic) bond motifs is 1. The van der Waals surface area contributed by atoms with Crippen LogP contribution in [0, 0.1) is 6.92 Å². The number of sulfonamides is 1. The van der Waals surface area contributed by atoms with Crippen LogP contribution < -0.4 is 0 Å². The molecule has 1 aromatic heterocycles. The number of aryl methyl sites for hydroxylation is 1. The molecule has 1 aromatic carbocycles. The van der Waals surface area contributed by atoms with Crippen molar-refractivity contribution >= 4 is 27.5 Å². The molecule has 1 saturated heterocycles. The number of piperazine rings is 1. The van der Waals surface area contributed by atoms with Crippen LogP contribution in [0.5, 0.6) is 0 Å². The lowest BCUT2D eigenvalue weighted by molar-refractivity contribution is -0.138. The molecule has 220 valence electrons. The quantitative estimate of drug-likeness (QED) is 0.469. The van der Waals surface area contributed by atoms with E-state index in [1.807, 2.05) is 34.8 Å². The molecular formula is C29H42ClN5O4S. The molecule has 1 saturated carbocycles. The average molecular weight is 592 g/mol. The molecular weight excluding hydrogens is 550 g/mol. The fraction of sp³-hybridized carbons (Fsp3) is 0.621. The van der Waals surface area contributed by atoms with Crippen molar-refractivity contribution in [1.82, 2.24) is 23.6 Å². The van der Waals surface area contributed by atoms with Crippen LogP contribution in [-0.4, -0.2) is 110 Å². The van der Waals surface area contributed by atoms with Gasteiger partial charge >= 0.3 is 0 Å². The number of amides is 1. The number of hydrogen-bond acceptors (Lipinski definition) is 6. The van der Waals surface area contributed by atoms with Crippen molar-refractivity contribution in [2.75, 3.05) is 60.0 Å². The molecule has 2 aliphatic heterocycles. The summed E-state index contributed by atoms with van der Waals surface area (Å²) in [5, 5.41) is 0.208. The van der Waals surface area contributed by atoms with E-state index in [1.54, 1.807) is 25.1 Å². The summed E-state index contributed by atoms with van der Waals surface area (Å²) >= 11 is 6.38. The first kappa shape index (κ1) is 29.5. The minimum Gasteiger partial charge on any atom is -0.370 e. The Morgan fingerprint density at radius 1 is 1.07 bits per heavy atom. The topological polar surface area (TPSA) is 78.3 Å². The molecule has 0 N–H and O–H groups in total. The van der Waals surface area contributed by atoms with Gasteiger partial charge in [0.1, 0.15) is 11.5 Å². The molecule has 40 heavy (non-hydrogen) atoms. The molecule has 1 amide bonds. The number of likely N-dealkylation sites (N-methyl/N-ethyl adjacent to an activating group) is 2. The molecule has 3 aliphatic rings. The summed E-state index contributed by atoms with van der Waals surface area (Å²) < 4.78 is 37.2. The zero-order valence-electron chi connectivity index (χ0n) is 23.8. The first-order chi connectivity index (χ1) is 19.2. The molecule has 2 fully saturated rings. The number of carbonyl (C=O) groups is 1. The molecule has 2 aromatic rings. The molecule has 5 rings (SSSR count). The lowest BCUT2D eigenvalue weighted by atomic mass is 9.88. The Kier molecular flexibility index (Phi) is 9.24. The number of benzene rings is 1. The second kappa shape index (κ2) is 12.5. The average Bonchev–Trinajstić information content (AvgIpc) is 3.42. The maximum Gasteiger partial charge on any atom is 0.248 e. The van der Waals surface area contributed by atoms with Crippen LogP contribution in [0.2, 0.25) is 5.02 Å². The van der Waals surface area contributed by atoms with Gasteiger partial charge in [-0.1, -0.05) is 23.7 Å². The van der Waals surface area contributed by atoms with Crippen LogP contribution in [0.3, 0.4) is 0 Å². The highest BCUT2D eigenvalue weighted by atomic mass is 35.5. The van der Waals surface area contributed by atoms with Crippen molar-refractivity contribution in [3.63, 3.8) is 0 Å². The van der Waals surface area contributed by atoms with Gasteiger partial charge in [-0.15, -0.1) is 0 Å². The largest absolute Gasteiger partial charge is 0.370 e. The van der Waals surface area contributed by atoms with E-state index in [4.69, 9.17) is 16.3 Å². The van der Waals surface area contributed by atoms with E-state index in [0.717, 1.165) is 51.1 Å². The molecule has 1 unspecified atom stereocenters. The zero-order valence-corrected chi connectivity index (χ0v) is 25.4. The van der Waals surface area contributed by atoms with Crippen LogP contribution in [0.4, 0.5) is 0 Å². The van der Waals surface area contributed by atoms with Crippen LogP contribution in [0.1, 0.15) is 43.0 Å². The maximum atomic E-state index is 13.9. The van der Waals surface area contributed by atoms with E-state index >= 15 is 0 Å². The highest BCUT2D eigenvalue weighted by Gasteiger charge is 2.39. The van der Waals surface area contributed by atoms with Crippen LogP contribution in [-0.2, 0) is 26.1 Å². The first-order valence-electron chi connectivity index (χ1n) is 14.3. The van der Waals surface area contributed by atoms with Crippen molar-refractivity contribution in [2.24, 2.45) is 0 Å². The predicted octanol–water partition coefficient (Wildman–Crippen LogP) is 3.23. The second-order valence-electron chi connectivity index (χ2n) is 11.5. The molecule has 3 atom stereocenters. The fourth-order valence-electron chi connectivity index (χ4n) is 6.53. The molecule has 11 heteroatoms. The monoisotopic (exact) mass is 591 g/mol. The summed E-state index contributed by atoms with van der Waals surface area (Å²) in [6, 6.07) is 9.10. The van der Waals surface area contributed by atoms with Gasteiger partial charge in [0.25, 0.3) is 0 Å². The van der Waals surface area contributed by atoms with Gasteiger partial charge in [-0.25, -0.2) is 8.42 Å².